The zero-order valence-corrected chi connectivity index (χ0v) is 9.77. The van der Waals surface area contributed by atoms with Gasteiger partial charge in [-0.1, -0.05) is 20.3 Å². The first kappa shape index (κ1) is 15.6. The first-order valence-electron chi connectivity index (χ1n) is 5.26. The summed E-state index contributed by atoms with van der Waals surface area (Å²) in [5, 5.41) is 2.91. The number of likely N-dealkylation sites (N-methyl/N-ethyl adjacent to an activating group) is 1. The minimum atomic E-state index is -4.06. The van der Waals surface area contributed by atoms with Gasteiger partial charge >= 0.3 is 12.3 Å². The normalized spacial score (nSPS) is 16.5. The lowest BCUT2D eigenvalue weighted by molar-refractivity contribution is -0.167. The molecule has 0 aromatic rings. The molecule has 2 nitrogen and oxygen atoms in total. The number of nitrogens with one attached hydrogen (secondary N) is 1. The fourth-order valence-electron chi connectivity index (χ4n) is 1.20. The van der Waals surface area contributed by atoms with Gasteiger partial charge in [-0.05, 0) is 13.0 Å². The minimum Gasteiger partial charge on any atom is -0.373 e. The van der Waals surface area contributed by atoms with Crippen molar-refractivity contribution in [3.05, 3.63) is 0 Å². The third-order valence-electron chi connectivity index (χ3n) is 2.61. The largest absolute Gasteiger partial charge is 0.373 e. The first-order valence-corrected chi connectivity index (χ1v) is 5.26. The molecule has 6 heteroatoms. The van der Waals surface area contributed by atoms with Gasteiger partial charge in [0.15, 0.2) is 0 Å². The molecule has 0 fully saturated rings. The molecule has 2 atom stereocenters. The number of hydrogen-bond acceptors (Lipinski definition) is 2. The van der Waals surface area contributed by atoms with Crippen LogP contribution in [0.3, 0.4) is 0 Å². The van der Waals surface area contributed by atoms with Crippen LogP contribution in [0.5, 0.6) is 0 Å². The molecular formula is C10H19F4NO. The van der Waals surface area contributed by atoms with E-state index in [1.807, 2.05) is 13.8 Å². The topological polar surface area (TPSA) is 21.3 Å². The molecule has 0 aliphatic heterocycles. The Labute approximate surface area is 93.3 Å². The van der Waals surface area contributed by atoms with Crippen molar-refractivity contribution in [3.8, 4) is 0 Å². The highest BCUT2D eigenvalue weighted by Gasteiger charge is 2.41. The zero-order chi connectivity index (χ0) is 12.8. The van der Waals surface area contributed by atoms with Gasteiger partial charge in [0.1, 0.15) is 6.61 Å². The molecule has 1 N–H and O–H groups in total. The summed E-state index contributed by atoms with van der Waals surface area (Å²) in [6, 6.07) is -0.0986. The van der Waals surface area contributed by atoms with Gasteiger partial charge in [0.25, 0.3) is 0 Å². The number of hydrogen-bond donors (Lipinski definition) is 1. The van der Waals surface area contributed by atoms with Crippen molar-refractivity contribution in [2.45, 2.75) is 38.7 Å². The molecule has 0 rings (SSSR count). The second kappa shape index (κ2) is 7.06. The van der Waals surface area contributed by atoms with E-state index in [2.05, 4.69) is 10.1 Å². The van der Waals surface area contributed by atoms with Crippen molar-refractivity contribution >= 4 is 0 Å². The van der Waals surface area contributed by atoms with E-state index >= 15 is 0 Å². The Hall–Kier alpha value is -0.360. The minimum absolute atomic E-state index is 0.00775. The number of rotatable bonds is 8. The Morgan fingerprint density at radius 2 is 1.88 bits per heavy atom. The van der Waals surface area contributed by atoms with Crippen LogP contribution in [0.25, 0.3) is 0 Å². The van der Waals surface area contributed by atoms with Crippen molar-refractivity contribution in [3.63, 3.8) is 0 Å². The molecule has 2 unspecified atom stereocenters. The van der Waals surface area contributed by atoms with Gasteiger partial charge in [-0.25, -0.2) is 8.78 Å². The molecule has 16 heavy (non-hydrogen) atoms. The molecule has 0 saturated heterocycles. The average Bonchev–Trinajstić information content (AvgIpc) is 2.23. The molecule has 0 aliphatic rings. The van der Waals surface area contributed by atoms with Crippen LogP contribution in [-0.2, 0) is 4.74 Å². The van der Waals surface area contributed by atoms with E-state index in [1.165, 1.54) is 0 Å². The van der Waals surface area contributed by atoms with E-state index in [0.29, 0.717) is 0 Å². The van der Waals surface area contributed by atoms with Crippen LogP contribution < -0.4 is 5.32 Å². The van der Waals surface area contributed by atoms with Crippen molar-refractivity contribution in [1.29, 1.82) is 0 Å². The molecular weight excluding hydrogens is 226 g/mol. The average molecular weight is 245 g/mol. The lowest BCUT2D eigenvalue weighted by Gasteiger charge is -2.23. The summed E-state index contributed by atoms with van der Waals surface area (Å²) < 4.78 is 53.2. The predicted octanol–water partition coefficient (Wildman–Crippen LogP) is 2.54. The van der Waals surface area contributed by atoms with Crippen molar-refractivity contribution in [2.24, 2.45) is 5.92 Å². The number of alkyl halides is 4. The SMILES string of the molecule is CCC(C)C(COCC(F)(F)C(F)F)NC. The summed E-state index contributed by atoms with van der Waals surface area (Å²) in [6.07, 6.45) is -2.82. The second-order valence-electron chi connectivity index (χ2n) is 3.86. The van der Waals surface area contributed by atoms with Gasteiger partial charge in [0.2, 0.25) is 0 Å². The van der Waals surface area contributed by atoms with Gasteiger partial charge < -0.3 is 10.1 Å². The highest BCUT2D eigenvalue weighted by atomic mass is 19.3. The first-order chi connectivity index (χ1) is 7.35. The molecule has 0 aromatic heterocycles. The Morgan fingerprint density at radius 1 is 1.31 bits per heavy atom. The monoisotopic (exact) mass is 245 g/mol. The Morgan fingerprint density at radius 3 is 2.25 bits per heavy atom. The maximum absolute atomic E-state index is 12.5. The third kappa shape index (κ3) is 5.12. The predicted molar refractivity (Wildman–Crippen MR) is 54.1 cm³/mol. The Bertz CT molecular complexity index is 190. The van der Waals surface area contributed by atoms with Crippen molar-refractivity contribution in [1.82, 2.24) is 5.32 Å². The van der Waals surface area contributed by atoms with Crippen molar-refractivity contribution in [2.75, 3.05) is 20.3 Å². The van der Waals surface area contributed by atoms with Gasteiger partial charge in [0, 0.05) is 6.04 Å². The quantitative estimate of drug-likeness (QED) is 0.663. The van der Waals surface area contributed by atoms with Crippen LogP contribution in [0.2, 0.25) is 0 Å². The smallest absolute Gasteiger partial charge is 0.330 e. The van der Waals surface area contributed by atoms with Crippen LogP contribution in [0.15, 0.2) is 0 Å². The summed E-state index contributed by atoms with van der Waals surface area (Å²) >= 11 is 0. The summed E-state index contributed by atoms with van der Waals surface area (Å²) in [6.45, 7) is 2.67. The molecule has 0 aromatic carbocycles. The summed E-state index contributed by atoms with van der Waals surface area (Å²) in [7, 11) is 1.69. The second-order valence-corrected chi connectivity index (χ2v) is 3.86. The van der Waals surface area contributed by atoms with Gasteiger partial charge in [-0.2, -0.15) is 8.78 Å². The molecule has 0 radical (unpaired) electrons. The van der Waals surface area contributed by atoms with Gasteiger partial charge in [0.05, 0.1) is 6.61 Å². The highest BCUT2D eigenvalue weighted by Crippen LogP contribution is 2.23. The number of halogens is 4. The van der Waals surface area contributed by atoms with E-state index in [0.717, 1.165) is 6.42 Å². The molecule has 0 bridgehead atoms. The fourth-order valence-corrected chi connectivity index (χ4v) is 1.20. The molecule has 0 heterocycles. The van der Waals surface area contributed by atoms with Crippen LogP contribution in [-0.4, -0.2) is 38.7 Å². The Balaban J connectivity index is 3.96. The van der Waals surface area contributed by atoms with Crippen LogP contribution in [0.1, 0.15) is 20.3 Å². The van der Waals surface area contributed by atoms with E-state index in [-0.39, 0.29) is 18.6 Å². The van der Waals surface area contributed by atoms with Gasteiger partial charge in [-0.3, -0.25) is 0 Å². The number of ether oxygens (including phenoxy) is 1. The van der Waals surface area contributed by atoms with Crippen LogP contribution in [0, 0.1) is 5.92 Å². The Kier molecular flexibility index (Phi) is 6.90. The molecule has 0 aliphatic carbocycles. The summed E-state index contributed by atoms with van der Waals surface area (Å²) in [4.78, 5) is 0. The molecule has 0 spiro atoms. The third-order valence-corrected chi connectivity index (χ3v) is 2.61. The molecule has 0 amide bonds. The summed E-state index contributed by atoms with van der Waals surface area (Å²) in [5.41, 5.74) is 0. The van der Waals surface area contributed by atoms with Crippen LogP contribution in [0.4, 0.5) is 17.6 Å². The highest BCUT2D eigenvalue weighted by molar-refractivity contribution is 4.72. The lowest BCUT2D eigenvalue weighted by Crippen LogP contribution is -2.39. The van der Waals surface area contributed by atoms with Crippen molar-refractivity contribution < 1.29 is 22.3 Å². The van der Waals surface area contributed by atoms with E-state index in [4.69, 9.17) is 0 Å². The zero-order valence-electron chi connectivity index (χ0n) is 9.77. The fraction of sp³-hybridized carbons (Fsp3) is 1.00. The maximum atomic E-state index is 12.5. The lowest BCUT2D eigenvalue weighted by atomic mass is 10.0. The van der Waals surface area contributed by atoms with E-state index < -0.39 is 19.0 Å². The van der Waals surface area contributed by atoms with E-state index in [1.54, 1.807) is 7.05 Å². The van der Waals surface area contributed by atoms with Crippen LogP contribution >= 0.6 is 0 Å². The molecule has 0 saturated carbocycles. The molecule has 98 valence electrons. The van der Waals surface area contributed by atoms with Gasteiger partial charge in [-0.15, -0.1) is 0 Å². The van der Waals surface area contributed by atoms with E-state index in [9.17, 15) is 17.6 Å². The summed E-state index contributed by atoms with van der Waals surface area (Å²) in [5.74, 6) is -3.82. The standard InChI is InChI=1S/C10H19F4NO/c1-4-7(2)8(15-3)5-16-6-10(13,14)9(11)12/h7-9,15H,4-6H2,1-3H3. The maximum Gasteiger partial charge on any atom is 0.330 e.